The van der Waals surface area contributed by atoms with Crippen molar-refractivity contribution < 1.29 is 9.53 Å². The number of amides is 1. The van der Waals surface area contributed by atoms with Gasteiger partial charge in [-0.15, -0.1) is 0 Å². The van der Waals surface area contributed by atoms with Gasteiger partial charge in [-0.3, -0.25) is 4.79 Å². The summed E-state index contributed by atoms with van der Waals surface area (Å²) in [6, 6.07) is 14.1. The number of hydrogen-bond donors (Lipinski definition) is 1. The highest BCUT2D eigenvalue weighted by Crippen LogP contribution is 2.21. The molecule has 2 aromatic rings. The Morgan fingerprint density at radius 2 is 2.00 bits per heavy atom. The molecular weight excluding hydrogens is 286 g/mol. The van der Waals surface area contributed by atoms with Crippen LogP contribution in [0.15, 0.2) is 60.7 Å². The van der Waals surface area contributed by atoms with E-state index in [4.69, 9.17) is 16.3 Å². The SMILES string of the molecule is C=C(C)COc1ccccc1C(=O)Nc1cccc(Cl)c1. The lowest BCUT2D eigenvalue weighted by Gasteiger charge is -2.11. The van der Waals surface area contributed by atoms with Crippen LogP contribution in [-0.4, -0.2) is 12.5 Å². The van der Waals surface area contributed by atoms with Gasteiger partial charge >= 0.3 is 0 Å². The molecule has 0 saturated heterocycles. The number of hydrogen-bond acceptors (Lipinski definition) is 2. The molecule has 0 heterocycles. The Balaban J connectivity index is 2.17. The molecule has 2 rings (SSSR count). The van der Waals surface area contributed by atoms with Gasteiger partial charge in [0.25, 0.3) is 5.91 Å². The van der Waals surface area contributed by atoms with Gasteiger partial charge in [0.05, 0.1) is 5.56 Å². The fourth-order valence-electron chi connectivity index (χ4n) is 1.75. The van der Waals surface area contributed by atoms with Crippen LogP contribution in [0.25, 0.3) is 0 Å². The van der Waals surface area contributed by atoms with Gasteiger partial charge in [0.1, 0.15) is 12.4 Å². The lowest BCUT2D eigenvalue weighted by atomic mass is 10.2. The predicted molar refractivity (Wildman–Crippen MR) is 86.2 cm³/mol. The minimum atomic E-state index is -0.241. The molecule has 0 bridgehead atoms. The van der Waals surface area contributed by atoms with E-state index in [-0.39, 0.29) is 5.91 Å². The van der Waals surface area contributed by atoms with Gasteiger partial charge in [0.2, 0.25) is 0 Å². The number of para-hydroxylation sites is 1. The van der Waals surface area contributed by atoms with Gasteiger partial charge in [-0.25, -0.2) is 0 Å². The van der Waals surface area contributed by atoms with Crippen molar-refractivity contribution in [2.75, 3.05) is 11.9 Å². The molecule has 0 atom stereocenters. The maximum Gasteiger partial charge on any atom is 0.259 e. The lowest BCUT2D eigenvalue weighted by Crippen LogP contribution is -2.14. The summed E-state index contributed by atoms with van der Waals surface area (Å²) >= 11 is 5.90. The normalized spacial score (nSPS) is 10.0. The van der Waals surface area contributed by atoms with Crippen molar-refractivity contribution in [2.24, 2.45) is 0 Å². The first-order valence-electron chi connectivity index (χ1n) is 6.49. The van der Waals surface area contributed by atoms with E-state index in [0.717, 1.165) is 5.57 Å². The number of anilines is 1. The molecule has 0 aliphatic heterocycles. The van der Waals surface area contributed by atoms with E-state index >= 15 is 0 Å². The highest BCUT2D eigenvalue weighted by molar-refractivity contribution is 6.31. The minimum Gasteiger partial charge on any atom is -0.488 e. The monoisotopic (exact) mass is 301 g/mol. The third-order valence-electron chi connectivity index (χ3n) is 2.69. The summed E-state index contributed by atoms with van der Waals surface area (Å²) in [5.41, 5.74) is 2.00. The van der Waals surface area contributed by atoms with Gasteiger partial charge in [-0.05, 0) is 42.8 Å². The standard InChI is InChI=1S/C17H16ClNO2/c1-12(2)11-21-16-9-4-3-8-15(16)17(20)19-14-7-5-6-13(18)10-14/h3-10H,1,11H2,2H3,(H,19,20). The van der Waals surface area contributed by atoms with Crippen molar-refractivity contribution >= 4 is 23.2 Å². The Labute approximate surface area is 129 Å². The summed E-state index contributed by atoms with van der Waals surface area (Å²) in [4.78, 5) is 12.3. The molecule has 2 aromatic carbocycles. The zero-order chi connectivity index (χ0) is 15.2. The van der Waals surface area contributed by atoms with Crippen molar-refractivity contribution in [3.8, 4) is 5.75 Å². The maximum atomic E-state index is 12.3. The van der Waals surface area contributed by atoms with E-state index in [1.54, 1.807) is 42.5 Å². The molecule has 4 heteroatoms. The van der Waals surface area contributed by atoms with Crippen molar-refractivity contribution in [3.63, 3.8) is 0 Å². The second-order valence-electron chi connectivity index (χ2n) is 4.71. The zero-order valence-corrected chi connectivity index (χ0v) is 12.5. The minimum absolute atomic E-state index is 0.241. The summed E-state index contributed by atoms with van der Waals surface area (Å²) < 4.78 is 5.59. The molecule has 1 amide bonds. The number of benzene rings is 2. The Morgan fingerprint density at radius 3 is 2.71 bits per heavy atom. The predicted octanol–water partition coefficient (Wildman–Crippen LogP) is 4.55. The fourth-order valence-corrected chi connectivity index (χ4v) is 1.94. The van der Waals surface area contributed by atoms with Crippen LogP contribution in [0.4, 0.5) is 5.69 Å². The summed E-state index contributed by atoms with van der Waals surface area (Å²) in [5.74, 6) is 0.287. The number of carbonyl (C=O) groups excluding carboxylic acids is 1. The first-order valence-corrected chi connectivity index (χ1v) is 6.87. The summed E-state index contributed by atoms with van der Waals surface area (Å²) in [6.07, 6.45) is 0. The van der Waals surface area contributed by atoms with E-state index in [1.807, 2.05) is 13.0 Å². The Kier molecular flexibility index (Phi) is 5.01. The topological polar surface area (TPSA) is 38.3 Å². The van der Waals surface area contributed by atoms with Crippen LogP contribution >= 0.6 is 11.6 Å². The Hall–Kier alpha value is -2.26. The van der Waals surface area contributed by atoms with E-state index < -0.39 is 0 Å². The van der Waals surface area contributed by atoms with Crippen LogP contribution in [-0.2, 0) is 0 Å². The molecule has 0 fully saturated rings. The first kappa shape index (κ1) is 15.1. The van der Waals surface area contributed by atoms with Crippen molar-refractivity contribution in [1.29, 1.82) is 0 Å². The third-order valence-corrected chi connectivity index (χ3v) is 2.92. The van der Waals surface area contributed by atoms with Gasteiger partial charge < -0.3 is 10.1 Å². The van der Waals surface area contributed by atoms with Crippen LogP contribution in [0.1, 0.15) is 17.3 Å². The summed E-state index contributed by atoms with van der Waals surface area (Å²) in [5, 5.41) is 3.37. The van der Waals surface area contributed by atoms with Crippen LogP contribution in [0.2, 0.25) is 5.02 Å². The smallest absolute Gasteiger partial charge is 0.259 e. The van der Waals surface area contributed by atoms with Gasteiger partial charge in [0, 0.05) is 10.7 Å². The van der Waals surface area contributed by atoms with E-state index in [2.05, 4.69) is 11.9 Å². The van der Waals surface area contributed by atoms with Gasteiger partial charge in [-0.2, -0.15) is 0 Å². The molecule has 0 unspecified atom stereocenters. The highest BCUT2D eigenvalue weighted by atomic mass is 35.5. The number of rotatable bonds is 5. The molecule has 0 aromatic heterocycles. The molecule has 0 radical (unpaired) electrons. The van der Waals surface area contributed by atoms with Crippen LogP contribution < -0.4 is 10.1 Å². The fraction of sp³-hybridized carbons (Fsp3) is 0.118. The van der Waals surface area contributed by atoms with Crippen molar-refractivity contribution in [3.05, 3.63) is 71.3 Å². The second kappa shape index (κ2) is 6.95. The lowest BCUT2D eigenvalue weighted by molar-refractivity contribution is 0.102. The molecule has 0 aliphatic rings. The molecule has 1 N–H and O–H groups in total. The second-order valence-corrected chi connectivity index (χ2v) is 5.14. The molecule has 108 valence electrons. The molecular formula is C17H16ClNO2. The Bertz CT molecular complexity index is 667. The molecule has 0 spiro atoms. The molecule has 3 nitrogen and oxygen atoms in total. The van der Waals surface area contributed by atoms with Crippen LogP contribution in [0.5, 0.6) is 5.75 Å². The van der Waals surface area contributed by atoms with Gasteiger partial charge in [0.15, 0.2) is 0 Å². The zero-order valence-electron chi connectivity index (χ0n) is 11.7. The average molecular weight is 302 g/mol. The number of halogens is 1. The van der Waals surface area contributed by atoms with E-state index in [9.17, 15) is 4.79 Å². The number of carbonyl (C=O) groups is 1. The van der Waals surface area contributed by atoms with Crippen molar-refractivity contribution in [2.45, 2.75) is 6.92 Å². The third kappa shape index (κ3) is 4.36. The quantitative estimate of drug-likeness (QED) is 0.823. The van der Waals surface area contributed by atoms with E-state index in [0.29, 0.717) is 28.6 Å². The molecule has 0 aliphatic carbocycles. The molecule has 21 heavy (non-hydrogen) atoms. The highest BCUT2D eigenvalue weighted by Gasteiger charge is 2.12. The largest absolute Gasteiger partial charge is 0.488 e. The summed E-state index contributed by atoms with van der Waals surface area (Å²) in [6.45, 7) is 6.03. The van der Waals surface area contributed by atoms with Crippen LogP contribution in [0.3, 0.4) is 0 Å². The van der Waals surface area contributed by atoms with Crippen LogP contribution in [0, 0.1) is 0 Å². The van der Waals surface area contributed by atoms with Gasteiger partial charge in [-0.1, -0.05) is 36.4 Å². The number of nitrogens with one attached hydrogen (secondary N) is 1. The summed E-state index contributed by atoms with van der Waals surface area (Å²) in [7, 11) is 0. The first-order chi connectivity index (χ1) is 10.1. The van der Waals surface area contributed by atoms with E-state index in [1.165, 1.54) is 0 Å². The average Bonchev–Trinajstić information content (AvgIpc) is 2.45. The maximum absolute atomic E-state index is 12.3. The van der Waals surface area contributed by atoms with Crippen molar-refractivity contribution in [1.82, 2.24) is 0 Å². The molecule has 0 saturated carbocycles. The number of ether oxygens (including phenoxy) is 1. The Morgan fingerprint density at radius 1 is 1.24 bits per heavy atom.